The highest BCUT2D eigenvalue weighted by Gasteiger charge is 2.33. The van der Waals surface area contributed by atoms with Gasteiger partial charge in [-0.1, -0.05) is 0 Å². The minimum absolute atomic E-state index is 0.315. The number of hydrogen-bond donors (Lipinski definition) is 0. The Morgan fingerprint density at radius 3 is 2.54 bits per heavy atom. The van der Waals surface area contributed by atoms with Crippen molar-refractivity contribution in [3.63, 3.8) is 0 Å². The van der Waals surface area contributed by atoms with Crippen LogP contribution in [0, 0.1) is 13.8 Å². The molecule has 0 radical (unpaired) electrons. The normalized spacial score (nSPS) is 20.2. The molecular weight excluding hydrogens is 342 g/mol. The zero-order chi connectivity index (χ0) is 17.9. The first-order valence-corrected chi connectivity index (χ1v) is 10.9. The summed E-state index contributed by atoms with van der Waals surface area (Å²) in [5.74, 6) is 0. The Morgan fingerprint density at radius 1 is 1.25 bits per heavy atom. The van der Waals surface area contributed by atoms with Crippen molar-refractivity contribution in [2.75, 3.05) is 47.3 Å². The molecule has 0 aromatic carbocycles. The standard InChI is InChI=1S/C17H31N3O2S2/c1-14-12-17(15(2)23-14)24(21,22)20-11-6-8-16(13-20)19(5)10-7-9-18(3)4/h12,16H,6-11,13H2,1-5H3/t16-/m1/s1. The Bertz CT molecular complexity index is 640. The quantitative estimate of drug-likeness (QED) is 0.736. The molecule has 1 aliphatic heterocycles. The number of hydrogen-bond acceptors (Lipinski definition) is 5. The Hall–Kier alpha value is -0.470. The fraction of sp³-hybridized carbons (Fsp3) is 0.765. The van der Waals surface area contributed by atoms with Gasteiger partial charge in [0.05, 0.1) is 4.90 Å². The maximum absolute atomic E-state index is 13.0. The van der Waals surface area contributed by atoms with E-state index < -0.39 is 10.0 Å². The molecule has 2 rings (SSSR count). The van der Waals surface area contributed by atoms with Crippen LogP contribution in [0.4, 0.5) is 0 Å². The van der Waals surface area contributed by atoms with Crippen LogP contribution in [0.2, 0.25) is 0 Å². The average Bonchev–Trinajstić information content (AvgIpc) is 2.86. The van der Waals surface area contributed by atoms with Gasteiger partial charge in [-0.2, -0.15) is 4.31 Å². The summed E-state index contributed by atoms with van der Waals surface area (Å²) in [4.78, 5) is 6.97. The number of piperidine rings is 1. The molecule has 0 spiro atoms. The Morgan fingerprint density at radius 2 is 1.96 bits per heavy atom. The van der Waals surface area contributed by atoms with Crippen LogP contribution in [0.15, 0.2) is 11.0 Å². The molecule has 0 bridgehead atoms. The van der Waals surface area contributed by atoms with Gasteiger partial charge < -0.3 is 9.80 Å². The molecule has 7 heteroatoms. The van der Waals surface area contributed by atoms with E-state index in [1.807, 2.05) is 19.9 Å². The van der Waals surface area contributed by atoms with Crippen molar-refractivity contribution in [3.8, 4) is 0 Å². The molecule has 0 aliphatic carbocycles. The molecule has 1 aromatic heterocycles. The minimum atomic E-state index is -3.36. The highest BCUT2D eigenvalue weighted by atomic mass is 32.2. The summed E-state index contributed by atoms with van der Waals surface area (Å²) in [6, 6.07) is 2.13. The van der Waals surface area contributed by atoms with Gasteiger partial charge in [-0.05, 0) is 73.4 Å². The Labute approximate surface area is 151 Å². The summed E-state index contributed by atoms with van der Waals surface area (Å²) >= 11 is 1.56. The molecule has 5 nitrogen and oxygen atoms in total. The lowest BCUT2D eigenvalue weighted by Gasteiger charge is -2.37. The monoisotopic (exact) mass is 373 g/mol. The summed E-state index contributed by atoms with van der Waals surface area (Å²) in [6.07, 6.45) is 3.12. The predicted octanol–water partition coefficient (Wildman–Crippen LogP) is 2.40. The van der Waals surface area contributed by atoms with Crippen molar-refractivity contribution in [2.24, 2.45) is 0 Å². The molecule has 0 unspecified atom stereocenters. The number of sulfonamides is 1. The third kappa shape index (κ3) is 4.79. The van der Waals surface area contributed by atoms with E-state index >= 15 is 0 Å². The minimum Gasteiger partial charge on any atom is -0.309 e. The van der Waals surface area contributed by atoms with E-state index in [0.29, 0.717) is 24.0 Å². The van der Waals surface area contributed by atoms with Gasteiger partial charge in [0.15, 0.2) is 0 Å². The maximum atomic E-state index is 13.0. The molecule has 1 saturated heterocycles. The van der Waals surface area contributed by atoms with Crippen molar-refractivity contribution in [1.29, 1.82) is 0 Å². The van der Waals surface area contributed by atoms with E-state index in [4.69, 9.17) is 0 Å². The number of aryl methyl sites for hydroxylation is 2. The van der Waals surface area contributed by atoms with Crippen LogP contribution in [0.3, 0.4) is 0 Å². The van der Waals surface area contributed by atoms with Crippen molar-refractivity contribution in [2.45, 2.75) is 44.0 Å². The third-order valence-electron chi connectivity index (χ3n) is 4.71. The predicted molar refractivity (Wildman–Crippen MR) is 101 cm³/mol. The van der Waals surface area contributed by atoms with E-state index in [0.717, 1.165) is 42.1 Å². The van der Waals surface area contributed by atoms with E-state index in [1.165, 1.54) is 0 Å². The summed E-state index contributed by atoms with van der Waals surface area (Å²) in [5.41, 5.74) is 0. The number of thiophene rings is 1. The lowest BCUT2D eigenvalue weighted by atomic mass is 10.1. The summed E-state index contributed by atoms with van der Waals surface area (Å²) in [6.45, 7) is 7.18. The SMILES string of the molecule is Cc1cc(S(=O)(=O)N2CCC[C@@H](N(C)CCCN(C)C)C2)c(C)s1. The second-order valence-corrected chi connectivity index (χ2v) is 10.4. The topological polar surface area (TPSA) is 43.9 Å². The highest BCUT2D eigenvalue weighted by Crippen LogP contribution is 2.29. The van der Waals surface area contributed by atoms with Gasteiger partial charge in [-0.25, -0.2) is 8.42 Å². The maximum Gasteiger partial charge on any atom is 0.244 e. The average molecular weight is 374 g/mol. The Kier molecular flexibility index (Phi) is 6.84. The highest BCUT2D eigenvalue weighted by molar-refractivity contribution is 7.89. The summed E-state index contributed by atoms with van der Waals surface area (Å²) in [5, 5.41) is 0. The van der Waals surface area contributed by atoms with Crippen molar-refractivity contribution in [1.82, 2.24) is 14.1 Å². The summed E-state index contributed by atoms with van der Waals surface area (Å²) in [7, 11) is 2.92. The first-order valence-electron chi connectivity index (χ1n) is 8.64. The van der Waals surface area contributed by atoms with Crippen LogP contribution in [-0.4, -0.2) is 75.9 Å². The van der Waals surface area contributed by atoms with Gasteiger partial charge in [0.25, 0.3) is 0 Å². The largest absolute Gasteiger partial charge is 0.309 e. The van der Waals surface area contributed by atoms with Crippen molar-refractivity contribution in [3.05, 3.63) is 15.8 Å². The number of nitrogens with zero attached hydrogens (tertiary/aromatic N) is 3. The fourth-order valence-electron chi connectivity index (χ4n) is 3.32. The van der Waals surface area contributed by atoms with Crippen molar-refractivity contribution < 1.29 is 8.42 Å². The fourth-order valence-corrected chi connectivity index (χ4v) is 6.36. The van der Waals surface area contributed by atoms with Gasteiger partial charge in [0.2, 0.25) is 10.0 Å². The second kappa shape index (κ2) is 8.27. The van der Waals surface area contributed by atoms with Gasteiger partial charge >= 0.3 is 0 Å². The molecule has 0 saturated carbocycles. The molecule has 1 aliphatic rings. The lowest BCUT2D eigenvalue weighted by molar-refractivity contribution is 0.158. The summed E-state index contributed by atoms with van der Waals surface area (Å²) < 4.78 is 27.7. The number of rotatable bonds is 7. The van der Waals surface area contributed by atoms with Gasteiger partial charge in [-0.15, -0.1) is 11.3 Å². The first-order chi connectivity index (χ1) is 11.2. The Balaban J connectivity index is 2.03. The molecule has 0 N–H and O–H groups in total. The molecular formula is C17H31N3O2S2. The molecule has 0 amide bonds. The van der Waals surface area contributed by atoms with E-state index in [2.05, 4.69) is 30.9 Å². The van der Waals surface area contributed by atoms with Crippen LogP contribution in [0.5, 0.6) is 0 Å². The zero-order valence-corrected chi connectivity index (χ0v) is 17.2. The molecule has 1 aromatic rings. The molecule has 2 heterocycles. The van der Waals surface area contributed by atoms with Crippen LogP contribution in [-0.2, 0) is 10.0 Å². The molecule has 1 atom stereocenters. The van der Waals surface area contributed by atoms with Gasteiger partial charge in [-0.3, -0.25) is 0 Å². The third-order valence-corrected chi connectivity index (χ3v) is 7.80. The molecule has 1 fully saturated rings. The van der Waals surface area contributed by atoms with Gasteiger partial charge in [0.1, 0.15) is 0 Å². The zero-order valence-electron chi connectivity index (χ0n) is 15.6. The van der Waals surface area contributed by atoms with Crippen LogP contribution < -0.4 is 0 Å². The van der Waals surface area contributed by atoms with E-state index in [1.54, 1.807) is 15.6 Å². The van der Waals surface area contributed by atoms with E-state index in [9.17, 15) is 8.42 Å². The van der Waals surface area contributed by atoms with Crippen LogP contribution in [0.1, 0.15) is 29.0 Å². The lowest BCUT2D eigenvalue weighted by Crippen LogP contribution is -2.48. The smallest absolute Gasteiger partial charge is 0.244 e. The second-order valence-electron chi connectivity index (χ2n) is 7.07. The van der Waals surface area contributed by atoms with Crippen LogP contribution >= 0.6 is 11.3 Å². The van der Waals surface area contributed by atoms with Crippen LogP contribution in [0.25, 0.3) is 0 Å². The van der Waals surface area contributed by atoms with Gasteiger partial charge in [0, 0.05) is 28.9 Å². The number of likely N-dealkylation sites (N-methyl/N-ethyl adjacent to an activating group) is 1. The molecule has 24 heavy (non-hydrogen) atoms. The van der Waals surface area contributed by atoms with E-state index in [-0.39, 0.29) is 0 Å². The first kappa shape index (κ1) is 19.8. The van der Waals surface area contributed by atoms with Crippen molar-refractivity contribution >= 4 is 21.4 Å². The molecule has 138 valence electrons.